The van der Waals surface area contributed by atoms with E-state index in [-0.39, 0.29) is 24.4 Å². The third kappa shape index (κ3) is 6.41. The van der Waals surface area contributed by atoms with E-state index in [1.54, 1.807) is 12.1 Å². The van der Waals surface area contributed by atoms with Crippen LogP contribution in [-0.4, -0.2) is 56.1 Å². The van der Waals surface area contributed by atoms with Gasteiger partial charge in [-0.05, 0) is 31.5 Å². The number of benzene rings is 2. The molecule has 2 amide bonds. The predicted octanol–water partition coefficient (Wildman–Crippen LogP) is 2.22. The molecule has 0 radical (unpaired) electrons. The number of ether oxygens (including phenoxy) is 1. The van der Waals surface area contributed by atoms with E-state index in [1.807, 2.05) is 50.2 Å². The smallest absolute Gasteiger partial charge is 0.251 e. The van der Waals surface area contributed by atoms with Crippen LogP contribution in [-0.2, 0) is 9.53 Å². The number of hydrogen-bond donors (Lipinski definition) is 2. The first-order chi connectivity index (χ1) is 14.0. The lowest BCUT2D eigenvalue weighted by atomic mass is 10.0. The van der Waals surface area contributed by atoms with Gasteiger partial charge in [0.1, 0.15) is 0 Å². The van der Waals surface area contributed by atoms with Crippen molar-refractivity contribution in [3.63, 3.8) is 0 Å². The number of nitrogens with zero attached hydrogens (tertiary/aromatic N) is 1. The minimum absolute atomic E-state index is 0.0574. The highest BCUT2D eigenvalue weighted by Gasteiger charge is 2.20. The van der Waals surface area contributed by atoms with Crippen LogP contribution in [0.5, 0.6) is 0 Å². The molecule has 6 heteroatoms. The van der Waals surface area contributed by atoms with E-state index in [0.717, 1.165) is 24.2 Å². The summed E-state index contributed by atoms with van der Waals surface area (Å²) in [4.78, 5) is 27.1. The summed E-state index contributed by atoms with van der Waals surface area (Å²) in [6.07, 6.45) is 0. The quantitative estimate of drug-likeness (QED) is 0.754. The van der Waals surface area contributed by atoms with Crippen molar-refractivity contribution in [2.45, 2.75) is 19.9 Å². The predicted molar refractivity (Wildman–Crippen MR) is 113 cm³/mol. The van der Waals surface area contributed by atoms with Crippen molar-refractivity contribution in [3.8, 4) is 0 Å². The van der Waals surface area contributed by atoms with Gasteiger partial charge in [-0.3, -0.25) is 14.5 Å². The maximum absolute atomic E-state index is 12.6. The Morgan fingerprint density at radius 3 is 2.17 bits per heavy atom. The lowest BCUT2D eigenvalue weighted by molar-refractivity contribution is -0.121. The average molecular weight is 396 g/mol. The van der Waals surface area contributed by atoms with Gasteiger partial charge in [0.25, 0.3) is 5.91 Å². The van der Waals surface area contributed by atoms with E-state index in [9.17, 15) is 9.59 Å². The molecule has 0 bridgehead atoms. The number of aryl methyl sites for hydroxylation is 2. The standard InChI is InChI=1S/C23H29N3O3/c1-17-3-7-19(8-4-17)21(16-26-11-13-29-14-12-26)25-22(27)15-24-23(28)20-9-5-18(2)6-10-20/h3-10,21H,11-16H2,1-2H3,(H,24,28)(H,25,27)/t21-/m0/s1. The topological polar surface area (TPSA) is 70.7 Å². The highest BCUT2D eigenvalue weighted by Crippen LogP contribution is 2.16. The van der Waals surface area contributed by atoms with Crippen molar-refractivity contribution in [2.24, 2.45) is 0 Å². The van der Waals surface area contributed by atoms with E-state index in [1.165, 1.54) is 5.56 Å². The summed E-state index contributed by atoms with van der Waals surface area (Å²) in [5, 5.41) is 5.78. The summed E-state index contributed by atoms with van der Waals surface area (Å²) >= 11 is 0. The van der Waals surface area contributed by atoms with Gasteiger partial charge < -0.3 is 15.4 Å². The van der Waals surface area contributed by atoms with Crippen LogP contribution >= 0.6 is 0 Å². The second-order valence-corrected chi connectivity index (χ2v) is 7.49. The summed E-state index contributed by atoms with van der Waals surface area (Å²) in [7, 11) is 0. The molecule has 1 aliphatic rings. The van der Waals surface area contributed by atoms with Gasteiger partial charge in [0, 0.05) is 25.2 Å². The Kier molecular flexibility index (Phi) is 7.38. The number of carbonyl (C=O) groups excluding carboxylic acids is 2. The highest BCUT2D eigenvalue weighted by molar-refractivity contribution is 5.96. The molecule has 0 saturated carbocycles. The Hall–Kier alpha value is -2.70. The largest absolute Gasteiger partial charge is 0.379 e. The summed E-state index contributed by atoms with van der Waals surface area (Å²) in [6.45, 7) is 7.78. The summed E-state index contributed by atoms with van der Waals surface area (Å²) < 4.78 is 5.42. The number of amides is 2. The Bertz CT molecular complexity index is 812. The van der Waals surface area contributed by atoms with Crippen LogP contribution < -0.4 is 10.6 Å². The molecule has 6 nitrogen and oxygen atoms in total. The molecule has 0 aliphatic carbocycles. The van der Waals surface area contributed by atoms with Crippen LogP contribution in [0.15, 0.2) is 48.5 Å². The van der Waals surface area contributed by atoms with Crippen molar-refractivity contribution in [2.75, 3.05) is 39.4 Å². The minimum Gasteiger partial charge on any atom is -0.379 e. The maximum atomic E-state index is 12.6. The summed E-state index contributed by atoms with van der Waals surface area (Å²) in [5.41, 5.74) is 3.87. The Morgan fingerprint density at radius 2 is 1.55 bits per heavy atom. The van der Waals surface area contributed by atoms with Crippen molar-refractivity contribution in [1.29, 1.82) is 0 Å². The van der Waals surface area contributed by atoms with Crippen molar-refractivity contribution in [1.82, 2.24) is 15.5 Å². The van der Waals surface area contributed by atoms with Gasteiger partial charge in [0.2, 0.25) is 5.91 Å². The van der Waals surface area contributed by atoms with Gasteiger partial charge in [0.15, 0.2) is 0 Å². The van der Waals surface area contributed by atoms with E-state index < -0.39 is 0 Å². The number of hydrogen-bond acceptors (Lipinski definition) is 4. The van der Waals surface area contributed by atoms with Crippen LogP contribution in [0.25, 0.3) is 0 Å². The third-order valence-corrected chi connectivity index (χ3v) is 5.08. The van der Waals surface area contributed by atoms with Gasteiger partial charge >= 0.3 is 0 Å². The maximum Gasteiger partial charge on any atom is 0.251 e. The molecule has 1 fully saturated rings. The highest BCUT2D eigenvalue weighted by atomic mass is 16.5. The lowest BCUT2D eigenvalue weighted by Gasteiger charge is -2.31. The zero-order valence-electron chi connectivity index (χ0n) is 17.1. The zero-order chi connectivity index (χ0) is 20.6. The summed E-state index contributed by atoms with van der Waals surface area (Å²) in [6, 6.07) is 15.3. The van der Waals surface area contributed by atoms with Gasteiger partial charge in [-0.25, -0.2) is 0 Å². The number of carbonyl (C=O) groups is 2. The molecule has 0 unspecified atom stereocenters. The molecule has 2 N–H and O–H groups in total. The molecule has 2 aromatic rings. The van der Waals surface area contributed by atoms with Crippen LogP contribution in [0.2, 0.25) is 0 Å². The van der Waals surface area contributed by atoms with Gasteiger partial charge in [-0.1, -0.05) is 47.5 Å². The van der Waals surface area contributed by atoms with Crippen LogP contribution in [0.4, 0.5) is 0 Å². The van der Waals surface area contributed by atoms with E-state index in [0.29, 0.717) is 25.3 Å². The van der Waals surface area contributed by atoms with Gasteiger partial charge in [-0.2, -0.15) is 0 Å². The molecule has 3 rings (SSSR count). The van der Waals surface area contributed by atoms with E-state index >= 15 is 0 Å². The van der Waals surface area contributed by atoms with E-state index in [4.69, 9.17) is 4.74 Å². The molecular weight excluding hydrogens is 366 g/mol. The average Bonchev–Trinajstić information content (AvgIpc) is 2.73. The molecule has 1 saturated heterocycles. The SMILES string of the molecule is Cc1ccc(C(=O)NCC(=O)N[C@@H](CN2CCOCC2)c2ccc(C)cc2)cc1. The molecule has 0 spiro atoms. The molecular formula is C23H29N3O3. The molecule has 2 aromatic carbocycles. The van der Waals surface area contributed by atoms with Crippen LogP contribution in [0, 0.1) is 13.8 Å². The monoisotopic (exact) mass is 395 g/mol. The van der Waals surface area contributed by atoms with Gasteiger partial charge in [-0.15, -0.1) is 0 Å². The minimum atomic E-state index is -0.250. The first-order valence-electron chi connectivity index (χ1n) is 10.0. The van der Waals surface area contributed by atoms with Gasteiger partial charge in [0.05, 0.1) is 25.8 Å². The van der Waals surface area contributed by atoms with Crippen LogP contribution in [0.1, 0.15) is 33.1 Å². The second kappa shape index (κ2) is 10.2. The second-order valence-electron chi connectivity index (χ2n) is 7.49. The fraction of sp³-hybridized carbons (Fsp3) is 0.391. The van der Waals surface area contributed by atoms with Crippen molar-refractivity contribution < 1.29 is 14.3 Å². The molecule has 1 aliphatic heterocycles. The Labute approximate surface area is 172 Å². The summed E-state index contributed by atoms with van der Waals surface area (Å²) in [5.74, 6) is -0.454. The van der Waals surface area contributed by atoms with Crippen LogP contribution in [0.3, 0.4) is 0 Å². The number of rotatable bonds is 7. The van der Waals surface area contributed by atoms with Crippen molar-refractivity contribution in [3.05, 3.63) is 70.8 Å². The Balaban J connectivity index is 1.59. The fourth-order valence-corrected chi connectivity index (χ4v) is 3.29. The fourth-order valence-electron chi connectivity index (χ4n) is 3.29. The zero-order valence-corrected chi connectivity index (χ0v) is 17.1. The number of nitrogens with one attached hydrogen (secondary N) is 2. The lowest BCUT2D eigenvalue weighted by Crippen LogP contribution is -2.45. The molecule has 1 atom stereocenters. The molecule has 29 heavy (non-hydrogen) atoms. The first kappa shape index (κ1) is 21.0. The normalized spacial score (nSPS) is 15.5. The molecule has 0 aromatic heterocycles. The molecule has 154 valence electrons. The first-order valence-corrected chi connectivity index (χ1v) is 10.0. The Morgan fingerprint density at radius 1 is 0.966 bits per heavy atom. The number of morpholine rings is 1. The van der Waals surface area contributed by atoms with Crippen molar-refractivity contribution >= 4 is 11.8 Å². The van der Waals surface area contributed by atoms with E-state index in [2.05, 4.69) is 15.5 Å². The molecule has 1 heterocycles. The third-order valence-electron chi connectivity index (χ3n) is 5.08.